The molecule has 0 atom stereocenters. The molecule has 0 unspecified atom stereocenters. The summed E-state index contributed by atoms with van der Waals surface area (Å²) < 4.78 is 5.31. The predicted octanol–water partition coefficient (Wildman–Crippen LogP) is 3.17. The number of ether oxygens (including phenoxy) is 1. The Kier molecular flexibility index (Phi) is 3.90. The smallest absolute Gasteiger partial charge is 0.138 e. The number of anilines is 1. The van der Waals surface area contributed by atoms with E-state index in [-0.39, 0.29) is 0 Å². The first-order valence-electron chi connectivity index (χ1n) is 4.44. The largest absolute Gasteiger partial charge is 0.492 e. The number of hydrogen-bond donors (Lipinski definition) is 1. The number of halogens is 1. The number of hydrogen-bond acceptors (Lipinski definition) is 2. The van der Waals surface area contributed by atoms with Crippen molar-refractivity contribution in [3.8, 4) is 5.75 Å². The van der Waals surface area contributed by atoms with Crippen LogP contribution in [0.1, 0.15) is 13.8 Å². The molecule has 0 bridgehead atoms. The minimum absolute atomic E-state index is 0.639. The average molecular weight is 200 g/mol. The minimum Gasteiger partial charge on any atom is -0.492 e. The van der Waals surface area contributed by atoms with Gasteiger partial charge in [-0.15, -0.1) is 0 Å². The predicted molar refractivity (Wildman–Crippen MR) is 56.8 cm³/mol. The van der Waals surface area contributed by atoms with Crippen LogP contribution in [-0.2, 0) is 0 Å². The number of rotatable bonds is 4. The van der Waals surface area contributed by atoms with Crippen molar-refractivity contribution in [2.75, 3.05) is 18.5 Å². The highest BCUT2D eigenvalue weighted by Crippen LogP contribution is 2.27. The molecule has 0 spiro atoms. The van der Waals surface area contributed by atoms with Crippen molar-refractivity contribution >= 4 is 17.3 Å². The molecule has 0 aliphatic rings. The lowest BCUT2D eigenvalue weighted by atomic mass is 10.3. The minimum atomic E-state index is 0.639. The van der Waals surface area contributed by atoms with E-state index in [0.29, 0.717) is 11.6 Å². The molecule has 1 aromatic rings. The van der Waals surface area contributed by atoms with Gasteiger partial charge in [0.1, 0.15) is 5.75 Å². The van der Waals surface area contributed by atoms with Crippen LogP contribution in [0.3, 0.4) is 0 Å². The van der Waals surface area contributed by atoms with E-state index in [1.807, 2.05) is 32.0 Å². The highest BCUT2D eigenvalue weighted by atomic mass is 35.5. The summed E-state index contributed by atoms with van der Waals surface area (Å²) in [7, 11) is 0. The third kappa shape index (κ3) is 2.81. The summed E-state index contributed by atoms with van der Waals surface area (Å²) in [6.07, 6.45) is 0. The van der Waals surface area contributed by atoms with E-state index in [2.05, 4.69) is 5.32 Å². The summed E-state index contributed by atoms with van der Waals surface area (Å²) in [4.78, 5) is 0. The van der Waals surface area contributed by atoms with E-state index < -0.39 is 0 Å². The van der Waals surface area contributed by atoms with Gasteiger partial charge in [-0.25, -0.2) is 0 Å². The molecule has 1 N–H and O–H groups in total. The van der Waals surface area contributed by atoms with Crippen LogP contribution in [0.5, 0.6) is 5.75 Å². The van der Waals surface area contributed by atoms with E-state index in [1.54, 1.807) is 0 Å². The molecule has 0 amide bonds. The van der Waals surface area contributed by atoms with Crippen molar-refractivity contribution in [3.63, 3.8) is 0 Å². The standard InChI is InChI=1S/C10H14ClNO/c1-3-12-8-5-6-10(13-4-2)9(11)7-8/h5-7,12H,3-4H2,1-2H3. The van der Waals surface area contributed by atoms with E-state index in [4.69, 9.17) is 16.3 Å². The number of nitrogens with one attached hydrogen (secondary N) is 1. The van der Waals surface area contributed by atoms with Gasteiger partial charge in [-0.3, -0.25) is 0 Å². The van der Waals surface area contributed by atoms with E-state index in [1.165, 1.54) is 0 Å². The molecule has 1 aromatic carbocycles. The van der Waals surface area contributed by atoms with Crippen LogP contribution in [0, 0.1) is 0 Å². The lowest BCUT2D eigenvalue weighted by Gasteiger charge is -2.08. The summed E-state index contributed by atoms with van der Waals surface area (Å²) in [5.74, 6) is 0.741. The molecule has 0 radical (unpaired) electrons. The average Bonchev–Trinajstić information content (AvgIpc) is 2.10. The molecule has 0 saturated heterocycles. The molecule has 0 saturated carbocycles. The Morgan fingerprint density at radius 1 is 1.38 bits per heavy atom. The zero-order valence-corrected chi connectivity index (χ0v) is 8.69. The summed E-state index contributed by atoms with van der Waals surface area (Å²) >= 11 is 5.98. The molecule has 72 valence electrons. The Morgan fingerprint density at radius 3 is 2.69 bits per heavy atom. The van der Waals surface area contributed by atoms with Gasteiger partial charge in [-0.05, 0) is 32.0 Å². The molecule has 1 rings (SSSR count). The van der Waals surface area contributed by atoms with Crippen molar-refractivity contribution in [1.29, 1.82) is 0 Å². The van der Waals surface area contributed by atoms with Gasteiger partial charge >= 0.3 is 0 Å². The Morgan fingerprint density at radius 2 is 2.15 bits per heavy atom. The second-order valence-corrected chi connectivity index (χ2v) is 3.02. The lowest BCUT2D eigenvalue weighted by molar-refractivity contribution is 0.340. The molecular formula is C10H14ClNO. The maximum atomic E-state index is 5.98. The third-order valence-electron chi connectivity index (χ3n) is 1.61. The molecule has 0 aromatic heterocycles. The normalized spacial score (nSPS) is 9.77. The van der Waals surface area contributed by atoms with Gasteiger partial charge in [-0.2, -0.15) is 0 Å². The van der Waals surface area contributed by atoms with E-state index in [9.17, 15) is 0 Å². The van der Waals surface area contributed by atoms with E-state index >= 15 is 0 Å². The molecular weight excluding hydrogens is 186 g/mol. The fraction of sp³-hybridized carbons (Fsp3) is 0.400. The first-order valence-corrected chi connectivity index (χ1v) is 4.82. The molecule has 2 nitrogen and oxygen atoms in total. The van der Waals surface area contributed by atoms with Gasteiger partial charge < -0.3 is 10.1 Å². The van der Waals surface area contributed by atoms with Crippen LogP contribution in [0.4, 0.5) is 5.69 Å². The van der Waals surface area contributed by atoms with Crippen LogP contribution in [-0.4, -0.2) is 13.2 Å². The van der Waals surface area contributed by atoms with Crippen LogP contribution in [0.2, 0.25) is 5.02 Å². The van der Waals surface area contributed by atoms with Crippen molar-refractivity contribution < 1.29 is 4.74 Å². The van der Waals surface area contributed by atoms with Gasteiger partial charge in [-0.1, -0.05) is 11.6 Å². The zero-order valence-electron chi connectivity index (χ0n) is 7.93. The molecule has 13 heavy (non-hydrogen) atoms. The summed E-state index contributed by atoms with van der Waals surface area (Å²) in [6.45, 7) is 5.52. The van der Waals surface area contributed by atoms with Gasteiger partial charge in [0.2, 0.25) is 0 Å². The quantitative estimate of drug-likeness (QED) is 0.805. The zero-order chi connectivity index (χ0) is 9.68. The Balaban J connectivity index is 2.79. The Labute approximate surface area is 83.9 Å². The lowest BCUT2D eigenvalue weighted by Crippen LogP contribution is -1.97. The second-order valence-electron chi connectivity index (χ2n) is 2.61. The third-order valence-corrected chi connectivity index (χ3v) is 1.91. The van der Waals surface area contributed by atoms with Crippen LogP contribution in [0.15, 0.2) is 18.2 Å². The van der Waals surface area contributed by atoms with Gasteiger partial charge in [0.25, 0.3) is 0 Å². The highest BCUT2D eigenvalue weighted by molar-refractivity contribution is 6.32. The molecule has 0 aliphatic carbocycles. The van der Waals surface area contributed by atoms with Crippen LogP contribution in [0.25, 0.3) is 0 Å². The SMILES string of the molecule is CCNc1ccc(OCC)c(Cl)c1. The fourth-order valence-corrected chi connectivity index (χ4v) is 1.32. The Bertz CT molecular complexity index is 276. The van der Waals surface area contributed by atoms with Crippen LogP contribution >= 0.6 is 11.6 Å². The molecule has 0 heterocycles. The second kappa shape index (κ2) is 4.97. The van der Waals surface area contributed by atoms with Crippen LogP contribution < -0.4 is 10.1 Å². The molecule has 3 heteroatoms. The summed E-state index contributed by atoms with van der Waals surface area (Å²) in [5, 5.41) is 3.83. The monoisotopic (exact) mass is 199 g/mol. The highest BCUT2D eigenvalue weighted by Gasteiger charge is 2.00. The van der Waals surface area contributed by atoms with Gasteiger partial charge in [0.15, 0.2) is 0 Å². The summed E-state index contributed by atoms with van der Waals surface area (Å²) in [6, 6.07) is 5.71. The number of benzene rings is 1. The Hall–Kier alpha value is -0.890. The van der Waals surface area contributed by atoms with Gasteiger partial charge in [0, 0.05) is 12.2 Å². The first kappa shape index (κ1) is 10.2. The summed E-state index contributed by atoms with van der Waals surface area (Å²) in [5.41, 5.74) is 1.02. The molecule has 0 aliphatic heterocycles. The van der Waals surface area contributed by atoms with Crippen molar-refractivity contribution in [2.24, 2.45) is 0 Å². The van der Waals surface area contributed by atoms with Gasteiger partial charge in [0.05, 0.1) is 11.6 Å². The first-order chi connectivity index (χ1) is 6.27. The van der Waals surface area contributed by atoms with Crippen molar-refractivity contribution in [1.82, 2.24) is 0 Å². The topological polar surface area (TPSA) is 21.3 Å². The maximum Gasteiger partial charge on any atom is 0.138 e. The van der Waals surface area contributed by atoms with Crippen molar-refractivity contribution in [3.05, 3.63) is 23.2 Å². The van der Waals surface area contributed by atoms with E-state index in [0.717, 1.165) is 18.0 Å². The van der Waals surface area contributed by atoms with Crippen molar-refractivity contribution in [2.45, 2.75) is 13.8 Å². The fourth-order valence-electron chi connectivity index (χ4n) is 1.09. The maximum absolute atomic E-state index is 5.98. The molecule has 0 fully saturated rings.